The van der Waals surface area contributed by atoms with Gasteiger partial charge in [0.2, 0.25) is 0 Å². The number of anilines is 2. The summed E-state index contributed by atoms with van der Waals surface area (Å²) in [5.41, 5.74) is 6.03. The third-order valence-corrected chi connectivity index (χ3v) is 8.12. The van der Waals surface area contributed by atoms with E-state index in [1.165, 1.54) is 0 Å². The van der Waals surface area contributed by atoms with Crippen LogP contribution in [0.4, 0.5) is 11.4 Å². The Morgan fingerprint density at radius 1 is 0.829 bits per heavy atom. The van der Waals surface area contributed by atoms with Gasteiger partial charge in [-0.25, -0.2) is 4.98 Å². The number of aromatic nitrogens is 2. The first-order valence-electron chi connectivity index (χ1n) is 13.7. The van der Waals surface area contributed by atoms with Crippen LogP contribution in [0.1, 0.15) is 40.5 Å². The fraction of sp³-hybridized carbons (Fsp3) is 0.273. The summed E-state index contributed by atoms with van der Waals surface area (Å²) in [5, 5.41) is 10.2. The van der Waals surface area contributed by atoms with Crippen molar-refractivity contribution in [2.45, 2.75) is 57.7 Å². The molecule has 3 aromatic carbocycles. The van der Waals surface area contributed by atoms with E-state index in [0.717, 1.165) is 57.7 Å². The summed E-state index contributed by atoms with van der Waals surface area (Å²) in [7, 11) is 0. The third-order valence-electron chi connectivity index (χ3n) is 7.41. The summed E-state index contributed by atoms with van der Waals surface area (Å²) >= 11 is 19.2. The second kappa shape index (κ2) is 10.6. The number of piperidine rings is 1. The van der Waals surface area contributed by atoms with Gasteiger partial charge in [-0.05, 0) is 107 Å². The van der Waals surface area contributed by atoms with Crippen molar-refractivity contribution in [1.82, 2.24) is 14.9 Å². The highest BCUT2D eigenvalue weighted by Crippen LogP contribution is 2.34. The molecule has 3 aromatic rings. The van der Waals surface area contributed by atoms with Crippen molar-refractivity contribution < 1.29 is 0 Å². The molecule has 1 aliphatic carbocycles. The van der Waals surface area contributed by atoms with Gasteiger partial charge in [-0.1, -0.05) is 46.9 Å². The average molecular weight is 605 g/mol. The van der Waals surface area contributed by atoms with E-state index in [9.17, 15) is 0 Å². The molecule has 0 spiro atoms. The molecule has 2 N–H and O–H groups in total. The van der Waals surface area contributed by atoms with Crippen LogP contribution >= 0.6 is 34.8 Å². The number of benzene rings is 4. The minimum absolute atomic E-state index is 0.0367. The van der Waals surface area contributed by atoms with Gasteiger partial charge < -0.3 is 15.2 Å². The van der Waals surface area contributed by atoms with E-state index in [1.807, 2.05) is 66.7 Å². The van der Waals surface area contributed by atoms with Gasteiger partial charge >= 0.3 is 0 Å². The molecule has 41 heavy (non-hydrogen) atoms. The zero-order valence-electron chi connectivity index (χ0n) is 23.5. The van der Waals surface area contributed by atoms with Crippen LogP contribution in [0.2, 0.25) is 15.1 Å². The Morgan fingerprint density at radius 3 is 2.22 bits per heavy atom. The molecule has 0 bridgehead atoms. The van der Waals surface area contributed by atoms with Crippen LogP contribution in [0.3, 0.4) is 0 Å². The van der Waals surface area contributed by atoms with E-state index in [2.05, 4.69) is 55.0 Å². The molecular formula is C33H32Cl3N5. The molecule has 2 aliphatic heterocycles. The number of hydrogen-bond donors (Lipinski definition) is 2. The molecule has 0 radical (unpaired) electrons. The lowest BCUT2D eigenvalue weighted by atomic mass is 9.80. The predicted octanol–water partition coefficient (Wildman–Crippen LogP) is 9.04. The van der Waals surface area contributed by atoms with Crippen LogP contribution in [0.25, 0.3) is 28.1 Å². The first-order valence-corrected chi connectivity index (χ1v) is 14.9. The van der Waals surface area contributed by atoms with Crippen LogP contribution < -0.4 is 16.0 Å². The van der Waals surface area contributed by atoms with Gasteiger partial charge in [0.1, 0.15) is 0 Å². The molecule has 1 saturated heterocycles. The molecule has 1 fully saturated rings. The second-order valence-electron chi connectivity index (χ2n) is 12.1. The second-order valence-corrected chi connectivity index (χ2v) is 13.4. The number of halogens is 3. The smallest absolute Gasteiger partial charge is 0.0900 e. The van der Waals surface area contributed by atoms with Crippen LogP contribution in [0.15, 0.2) is 83.9 Å². The van der Waals surface area contributed by atoms with Gasteiger partial charge in [-0.2, -0.15) is 0 Å². The van der Waals surface area contributed by atoms with Crippen LogP contribution in [0.5, 0.6) is 0 Å². The van der Waals surface area contributed by atoms with Crippen LogP contribution in [0, 0.1) is 0 Å². The van der Waals surface area contributed by atoms with Crippen molar-refractivity contribution >= 4 is 57.2 Å². The van der Waals surface area contributed by atoms with Crippen LogP contribution in [-0.4, -0.2) is 26.7 Å². The van der Waals surface area contributed by atoms with E-state index < -0.39 is 0 Å². The molecule has 0 saturated carbocycles. The Hall–Kier alpha value is -3.09. The molecule has 0 aromatic heterocycles. The van der Waals surface area contributed by atoms with E-state index in [0.29, 0.717) is 15.1 Å². The summed E-state index contributed by atoms with van der Waals surface area (Å²) < 4.78 is 2.18. The molecule has 3 aliphatic rings. The SMILES string of the molecule is CC1(C)CC(N=c2cc3n(-c4cccc(Cl)c4)c4ccc(Cl)cc4nc-3cc2Nc2cccc(Cl)c2)CC(C)(C)N1. The van der Waals surface area contributed by atoms with Crippen molar-refractivity contribution in [3.63, 3.8) is 0 Å². The number of nitrogens with one attached hydrogen (secondary N) is 2. The fourth-order valence-electron chi connectivity index (χ4n) is 6.25. The zero-order chi connectivity index (χ0) is 28.9. The maximum atomic E-state index is 6.47. The third kappa shape index (κ3) is 6.09. The Kier molecular flexibility index (Phi) is 7.27. The lowest BCUT2D eigenvalue weighted by Crippen LogP contribution is -2.59. The largest absolute Gasteiger partial charge is 0.354 e. The van der Waals surface area contributed by atoms with Crippen molar-refractivity contribution in [2.24, 2.45) is 4.99 Å². The number of fused-ring (bicyclic) bond motifs is 2. The zero-order valence-corrected chi connectivity index (χ0v) is 25.7. The first-order chi connectivity index (χ1) is 19.4. The maximum Gasteiger partial charge on any atom is 0.0900 e. The molecule has 8 heteroatoms. The van der Waals surface area contributed by atoms with Gasteiger partial charge in [0.05, 0.1) is 39.5 Å². The summed E-state index contributed by atoms with van der Waals surface area (Å²) in [6.07, 6.45) is 1.85. The minimum atomic E-state index is -0.0367. The van der Waals surface area contributed by atoms with Gasteiger partial charge in [-0.3, -0.25) is 4.99 Å². The molecule has 0 atom stereocenters. The topological polar surface area (TPSA) is 54.2 Å². The summed E-state index contributed by atoms with van der Waals surface area (Å²) in [6, 6.07) is 25.6. The van der Waals surface area contributed by atoms with E-state index in [4.69, 9.17) is 44.8 Å². The monoisotopic (exact) mass is 603 g/mol. The lowest BCUT2D eigenvalue weighted by molar-refractivity contribution is 0.163. The maximum absolute atomic E-state index is 6.47. The fourth-order valence-corrected chi connectivity index (χ4v) is 6.79. The Labute approximate surface area is 255 Å². The van der Waals surface area contributed by atoms with Gasteiger partial charge in [0.25, 0.3) is 0 Å². The van der Waals surface area contributed by atoms with Crippen molar-refractivity contribution in [3.05, 3.63) is 99.3 Å². The average Bonchev–Trinajstić information content (AvgIpc) is 2.86. The summed E-state index contributed by atoms with van der Waals surface area (Å²) in [4.78, 5) is 10.4. The molecule has 2 heterocycles. The summed E-state index contributed by atoms with van der Waals surface area (Å²) in [6.45, 7) is 8.99. The molecule has 6 rings (SSSR count). The van der Waals surface area contributed by atoms with Crippen LogP contribution in [-0.2, 0) is 0 Å². The van der Waals surface area contributed by atoms with Crippen molar-refractivity contribution in [3.8, 4) is 17.1 Å². The Bertz CT molecular complexity index is 1790. The van der Waals surface area contributed by atoms with Gasteiger partial charge in [0.15, 0.2) is 0 Å². The number of nitrogens with zero attached hydrogens (tertiary/aromatic N) is 3. The normalized spacial score (nSPS) is 17.3. The van der Waals surface area contributed by atoms with Crippen molar-refractivity contribution in [2.75, 3.05) is 5.32 Å². The number of hydrogen-bond acceptors (Lipinski definition) is 4. The van der Waals surface area contributed by atoms with E-state index >= 15 is 0 Å². The highest BCUT2D eigenvalue weighted by Gasteiger charge is 2.37. The standard InChI is InChI=1S/C33H32Cl3N5/c1-32(2)18-24(19-33(3,4)40-32)38-27-17-31-29(16-26(27)37-23-9-5-7-20(34)13-23)39-28-15-22(36)11-12-30(28)41(31)25-10-6-8-21(35)14-25/h5-17,24,37,40H,18-19H2,1-4H3. The Balaban J connectivity index is 1.64. The highest BCUT2D eigenvalue weighted by atomic mass is 35.5. The first kappa shape index (κ1) is 28.0. The molecule has 0 amide bonds. The van der Waals surface area contributed by atoms with Gasteiger partial charge in [0, 0.05) is 37.5 Å². The molecule has 210 valence electrons. The minimum Gasteiger partial charge on any atom is -0.354 e. The van der Waals surface area contributed by atoms with Crippen molar-refractivity contribution in [1.29, 1.82) is 0 Å². The molecular weight excluding hydrogens is 573 g/mol. The lowest BCUT2D eigenvalue weighted by Gasteiger charge is -2.45. The number of rotatable bonds is 4. The molecule has 0 unspecified atom stereocenters. The summed E-state index contributed by atoms with van der Waals surface area (Å²) in [5.74, 6) is 0. The highest BCUT2D eigenvalue weighted by molar-refractivity contribution is 6.31. The van der Waals surface area contributed by atoms with E-state index in [-0.39, 0.29) is 17.1 Å². The quantitative estimate of drug-likeness (QED) is 0.201. The van der Waals surface area contributed by atoms with Gasteiger partial charge in [-0.15, -0.1) is 0 Å². The molecule has 5 nitrogen and oxygen atoms in total. The Morgan fingerprint density at radius 2 is 1.51 bits per heavy atom. The predicted molar refractivity (Wildman–Crippen MR) is 172 cm³/mol. The van der Waals surface area contributed by atoms with E-state index in [1.54, 1.807) is 0 Å².